The van der Waals surface area contributed by atoms with E-state index in [4.69, 9.17) is 0 Å². The minimum absolute atomic E-state index is 0.00750. The van der Waals surface area contributed by atoms with Crippen molar-refractivity contribution in [2.24, 2.45) is 0 Å². The number of hydrogen-bond acceptors (Lipinski definition) is 2. The Labute approximate surface area is 87.1 Å². The number of nitrogens with one attached hydrogen (secondary N) is 1. The summed E-state index contributed by atoms with van der Waals surface area (Å²) in [5.74, 6) is 0. The first-order chi connectivity index (χ1) is 6.15. The molecule has 0 fully saturated rings. The van der Waals surface area contributed by atoms with Crippen molar-refractivity contribution in [2.75, 3.05) is 7.05 Å². The lowest BCUT2D eigenvalue weighted by Crippen LogP contribution is -2.26. The van der Waals surface area contributed by atoms with Gasteiger partial charge in [0.1, 0.15) is 0 Å². The van der Waals surface area contributed by atoms with E-state index in [1.54, 1.807) is 6.92 Å². The number of likely N-dealkylation sites (N-methyl/N-ethyl adjacent to an activating group) is 1. The summed E-state index contributed by atoms with van der Waals surface area (Å²) in [7, 11) is 1.85. The molecule has 0 aliphatic carbocycles. The van der Waals surface area contributed by atoms with Gasteiger partial charge in [-0.2, -0.15) is 0 Å². The smallest absolute Gasteiger partial charge is 0.0706 e. The maximum Gasteiger partial charge on any atom is 0.0706 e. The number of halogens is 1. The minimum Gasteiger partial charge on any atom is -0.391 e. The highest BCUT2D eigenvalue weighted by Crippen LogP contribution is 2.19. The van der Waals surface area contributed by atoms with Gasteiger partial charge in [-0.3, -0.25) is 0 Å². The van der Waals surface area contributed by atoms with Crippen LogP contribution in [0.1, 0.15) is 18.5 Å². The Hall–Kier alpha value is -0.380. The topological polar surface area (TPSA) is 32.3 Å². The van der Waals surface area contributed by atoms with Crippen LogP contribution in [-0.2, 0) is 0 Å². The van der Waals surface area contributed by atoms with Crippen molar-refractivity contribution >= 4 is 15.9 Å². The fourth-order valence-electron chi connectivity index (χ4n) is 1.36. The van der Waals surface area contributed by atoms with Gasteiger partial charge in [-0.1, -0.05) is 28.1 Å². The summed E-state index contributed by atoms with van der Waals surface area (Å²) in [6.07, 6.45) is -0.383. The lowest BCUT2D eigenvalue weighted by Gasteiger charge is -2.19. The Balaban J connectivity index is 2.86. The summed E-state index contributed by atoms with van der Waals surface area (Å²) < 4.78 is 1.05. The standard InChI is InChI=1S/C10H14BrNO/c1-7(13)10(12-2)8-3-5-9(11)6-4-8/h3-7,10,12-13H,1-2H3. The molecule has 2 nitrogen and oxygen atoms in total. The van der Waals surface area contributed by atoms with Crippen molar-refractivity contribution in [1.29, 1.82) is 0 Å². The van der Waals surface area contributed by atoms with E-state index in [2.05, 4.69) is 21.2 Å². The number of benzene rings is 1. The van der Waals surface area contributed by atoms with Crippen LogP contribution in [0.3, 0.4) is 0 Å². The quantitative estimate of drug-likeness (QED) is 0.853. The molecule has 0 aromatic heterocycles. The fraction of sp³-hybridized carbons (Fsp3) is 0.400. The van der Waals surface area contributed by atoms with E-state index < -0.39 is 0 Å². The van der Waals surface area contributed by atoms with Crippen molar-refractivity contribution in [3.8, 4) is 0 Å². The molecule has 0 heterocycles. The third kappa shape index (κ3) is 2.79. The molecule has 0 aliphatic heterocycles. The average molecular weight is 244 g/mol. The molecule has 1 rings (SSSR count). The van der Waals surface area contributed by atoms with Crippen LogP contribution in [0, 0.1) is 0 Å². The lowest BCUT2D eigenvalue weighted by molar-refractivity contribution is 0.150. The Bertz CT molecular complexity index is 258. The van der Waals surface area contributed by atoms with Crippen LogP contribution in [0.2, 0.25) is 0 Å². The highest BCUT2D eigenvalue weighted by Gasteiger charge is 2.13. The van der Waals surface area contributed by atoms with Crippen LogP contribution < -0.4 is 5.32 Å². The third-order valence-corrected chi connectivity index (χ3v) is 2.55. The van der Waals surface area contributed by atoms with E-state index >= 15 is 0 Å². The molecule has 0 saturated carbocycles. The Morgan fingerprint density at radius 1 is 1.31 bits per heavy atom. The monoisotopic (exact) mass is 243 g/mol. The van der Waals surface area contributed by atoms with E-state index in [0.717, 1.165) is 10.0 Å². The highest BCUT2D eigenvalue weighted by molar-refractivity contribution is 9.10. The van der Waals surface area contributed by atoms with Gasteiger partial charge in [0.2, 0.25) is 0 Å². The number of hydrogen-bond donors (Lipinski definition) is 2. The zero-order chi connectivity index (χ0) is 9.84. The second-order valence-electron chi connectivity index (χ2n) is 3.06. The molecule has 2 atom stereocenters. The van der Waals surface area contributed by atoms with Gasteiger partial charge in [0, 0.05) is 4.47 Å². The molecule has 72 valence electrons. The van der Waals surface area contributed by atoms with Gasteiger partial charge in [-0.05, 0) is 31.7 Å². The number of aliphatic hydroxyl groups excluding tert-OH is 1. The molecule has 0 spiro atoms. The molecule has 2 N–H and O–H groups in total. The predicted octanol–water partition coefficient (Wildman–Crippen LogP) is 2.09. The SMILES string of the molecule is CNC(c1ccc(Br)cc1)C(C)O. The van der Waals surface area contributed by atoms with Gasteiger partial charge in [-0.15, -0.1) is 0 Å². The van der Waals surface area contributed by atoms with Crippen molar-refractivity contribution in [2.45, 2.75) is 19.1 Å². The lowest BCUT2D eigenvalue weighted by atomic mass is 10.0. The molecule has 13 heavy (non-hydrogen) atoms. The summed E-state index contributed by atoms with van der Waals surface area (Å²) in [6.45, 7) is 1.78. The number of rotatable bonds is 3. The molecule has 1 aromatic rings. The van der Waals surface area contributed by atoms with Crippen LogP contribution in [0.15, 0.2) is 28.7 Å². The van der Waals surface area contributed by atoms with Crippen molar-refractivity contribution in [3.05, 3.63) is 34.3 Å². The summed E-state index contributed by atoms with van der Waals surface area (Å²) >= 11 is 3.37. The summed E-state index contributed by atoms with van der Waals surface area (Å²) in [5, 5.41) is 12.5. The molecule has 0 bridgehead atoms. The van der Waals surface area contributed by atoms with E-state index in [-0.39, 0.29) is 12.1 Å². The molecule has 1 aromatic carbocycles. The van der Waals surface area contributed by atoms with Crippen LogP contribution >= 0.6 is 15.9 Å². The fourth-order valence-corrected chi connectivity index (χ4v) is 1.62. The summed E-state index contributed by atoms with van der Waals surface area (Å²) in [4.78, 5) is 0. The molecule has 2 unspecified atom stereocenters. The molecule has 3 heteroatoms. The van der Waals surface area contributed by atoms with Crippen LogP contribution in [-0.4, -0.2) is 18.3 Å². The van der Waals surface area contributed by atoms with Crippen LogP contribution in [0.25, 0.3) is 0 Å². The van der Waals surface area contributed by atoms with Gasteiger partial charge in [0.15, 0.2) is 0 Å². The van der Waals surface area contributed by atoms with E-state index in [9.17, 15) is 5.11 Å². The maximum atomic E-state index is 9.46. The molecular formula is C10H14BrNO. The van der Waals surface area contributed by atoms with E-state index in [0.29, 0.717) is 0 Å². The molecule has 0 saturated heterocycles. The first kappa shape index (κ1) is 10.7. The molecule has 0 amide bonds. The zero-order valence-corrected chi connectivity index (χ0v) is 9.38. The third-order valence-electron chi connectivity index (χ3n) is 2.02. The largest absolute Gasteiger partial charge is 0.391 e. The normalized spacial score (nSPS) is 15.4. The molecule has 0 radical (unpaired) electrons. The first-order valence-electron chi connectivity index (χ1n) is 4.26. The number of aliphatic hydroxyl groups is 1. The van der Waals surface area contributed by atoms with Crippen molar-refractivity contribution < 1.29 is 5.11 Å². The molecular weight excluding hydrogens is 230 g/mol. The zero-order valence-electron chi connectivity index (χ0n) is 7.79. The second kappa shape index (κ2) is 4.74. The average Bonchev–Trinajstić information content (AvgIpc) is 2.09. The minimum atomic E-state index is -0.383. The Morgan fingerprint density at radius 2 is 1.85 bits per heavy atom. The maximum absolute atomic E-state index is 9.46. The summed E-state index contributed by atoms with van der Waals surface area (Å²) in [5.41, 5.74) is 1.10. The van der Waals surface area contributed by atoms with E-state index in [1.165, 1.54) is 0 Å². The van der Waals surface area contributed by atoms with Gasteiger partial charge in [0.25, 0.3) is 0 Å². The van der Waals surface area contributed by atoms with Crippen molar-refractivity contribution in [1.82, 2.24) is 5.32 Å². The van der Waals surface area contributed by atoms with Crippen LogP contribution in [0.5, 0.6) is 0 Å². The first-order valence-corrected chi connectivity index (χ1v) is 5.05. The van der Waals surface area contributed by atoms with Crippen molar-refractivity contribution in [3.63, 3.8) is 0 Å². The van der Waals surface area contributed by atoms with Gasteiger partial charge >= 0.3 is 0 Å². The summed E-state index contributed by atoms with van der Waals surface area (Å²) in [6, 6.07) is 7.95. The van der Waals surface area contributed by atoms with Crippen LogP contribution in [0.4, 0.5) is 0 Å². The van der Waals surface area contributed by atoms with Gasteiger partial charge in [-0.25, -0.2) is 0 Å². The van der Waals surface area contributed by atoms with Gasteiger partial charge in [0.05, 0.1) is 12.1 Å². The molecule has 0 aliphatic rings. The van der Waals surface area contributed by atoms with Gasteiger partial charge < -0.3 is 10.4 Å². The Morgan fingerprint density at radius 3 is 2.23 bits per heavy atom. The highest BCUT2D eigenvalue weighted by atomic mass is 79.9. The van der Waals surface area contributed by atoms with E-state index in [1.807, 2.05) is 31.3 Å². The second-order valence-corrected chi connectivity index (χ2v) is 3.97. The Kier molecular flexibility index (Phi) is 3.90. The predicted molar refractivity (Wildman–Crippen MR) is 57.6 cm³/mol.